The van der Waals surface area contributed by atoms with Crippen LogP contribution in [0, 0.1) is 27.7 Å². The Morgan fingerprint density at radius 3 is 2.24 bits per heavy atom. The zero-order chi connectivity index (χ0) is 14.7. The van der Waals surface area contributed by atoms with E-state index in [1.807, 2.05) is 0 Å². The lowest BCUT2D eigenvalue weighted by molar-refractivity contribution is 1.13. The second-order valence-electron chi connectivity index (χ2n) is 5.91. The molecule has 0 amide bonds. The summed E-state index contributed by atoms with van der Waals surface area (Å²) in [5.41, 5.74) is 7.32. The van der Waals surface area contributed by atoms with Crippen LogP contribution in [-0.2, 0) is 0 Å². The highest BCUT2D eigenvalue weighted by Crippen LogP contribution is 2.34. The van der Waals surface area contributed by atoms with E-state index in [4.69, 9.17) is 4.98 Å². The first-order valence-electron chi connectivity index (χ1n) is 7.36. The molecular formula is C19H18N2. The molecule has 0 aliphatic rings. The SMILES string of the molecule is Cc1nc2c3ccccc3c3c(C)ccc(C)c3n2c1C. The third kappa shape index (κ3) is 1.50. The lowest BCUT2D eigenvalue weighted by Gasteiger charge is -2.13. The largest absolute Gasteiger partial charge is 0.296 e. The second-order valence-corrected chi connectivity index (χ2v) is 5.91. The highest BCUT2D eigenvalue weighted by molar-refractivity contribution is 6.13. The number of aryl methyl sites for hydroxylation is 4. The maximum Gasteiger partial charge on any atom is 0.145 e. The Kier molecular flexibility index (Phi) is 2.41. The Labute approximate surface area is 124 Å². The third-order valence-electron chi connectivity index (χ3n) is 4.59. The summed E-state index contributed by atoms with van der Waals surface area (Å²) in [5, 5.41) is 3.87. The summed E-state index contributed by atoms with van der Waals surface area (Å²) in [6.07, 6.45) is 0. The number of rotatable bonds is 0. The van der Waals surface area contributed by atoms with Gasteiger partial charge in [0.15, 0.2) is 0 Å². The standard InChI is InChI=1S/C19H18N2/c1-11-9-10-12(2)18-17(11)15-7-5-6-8-16(15)19-20-13(3)14(4)21(18)19/h5-10H,1-4H3. The van der Waals surface area contributed by atoms with Crippen molar-refractivity contribution in [2.45, 2.75) is 27.7 Å². The van der Waals surface area contributed by atoms with Gasteiger partial charge in [-0.05, 0) is 44.2 Å². The van der Waals surface area contributed by atoms with Gasteiger partial charge in [-0.1, -0.05) is 36.4 Å². The van der Waals surface area contributed by atoms with Crippen LogP contribution in [0.4, 0.5) is 0 Å². The fourth-order valence-electron chi connectivity index (χ4n) is 3.39. The Morgan fingerprint density at radius 2 is 1.48 bits per heavy atom. The molecule has 0 saturated heterocycles. The summed E-state index contributed by atoms with van der Waals surface area (Å²) in [5.74, 6) is 0. The van der Waals surface area contributed by atoms with Crippen LogP contribution >= 0.6 is 0 Å². The highest BCUT2D eigenvalue weighted by Gasteiger charge is 2.15. The molecule has 2 heterocycles. The summed E-state index contributed by atoms with van der Waals surface area (Å²) < 4.78 is 2.33. The maximum atomic E-state index is 4.82. The van der Waals surface area contributed by atoms with Crippen LogP contribution in [0.25, 0.3) is 27.3 Å². The molecule has 2 heteroatoms. The van der Waals surface area contributed by atoms with Crippen LogP contribution < -0.4 is 0 Å². The zero-order valence-corrected chi connectivity index (χ0v) is 12.9. The van der Waals surface area contributed by atoms with E-state index in [0.717, 1.165) is 11.3 Å². The molecule has 2 aromatic carbocycles. The first-order valence-corrected chi connectivity index (χ1v) is 7.36. The minimum Gasteiger partial charge on any atom is -0.296 e. The minimum atomic E-state index is 1.07. The first-order chi connectivity index (χ1) is 10.1. The summed E-state index contributed by atoms with van der Waals surface area (Å²) >= 11 is 0. The first kappa shape index (κ1) is 12.4. The summed E-state index contributed by atoms with van der Waals surface area (Å²) in [4.78, 5) is 4.82. The van der Waals surface area contributed by atoms with E-state index >= 15 is 0 Å². The number of imidazole rings is 1. The van der Waals surface area contributed by atoms with E-state index in [0.29, 0.717) is 0 Å². The van der Waals surface area contributed by atoms with Gasteiger partial charge in [-0.3, -0.25) is 4.40 Å². The smallest absolute Gasteiger partial charge is 0.145 e. The maximum absolute atomic E-state index is 4.82. The molecule has 4 rings (SSSR count). The van der Waals surface area contributed by atoms with Gasteiger partial charge in [-0.15, -0.1) is 0 Å². The van der Waals surface area contributed by atoms with Gasteiger partial charge in [0.2, 0.25) is 0 Å². The van der Waals surface area contributed by atoms with Crippen molar-refractivity contribution in [1.82, 2.24) is 9.38 Å². The minimum absolute atomic E-state index is 1.07. The zero-order valence-electron chi connectivity index (χ0n) is 12.9. The molecule has 0 aliphatic heterocycles. The fourth-order valence-corrected chi connectivity index (χ4v) is 3.39. The lowest BCUT2D eigenvalue weighted by atomic mass is 9.99. The van der Waals surface area contributed by atoms with E-state index in [-0.39, 0.29) is 0 Å². The average molecular weight is 274 g/mol. The summed E-state index contributed by atoms with van der Waals surface area (Å²) in [7, 11) is 0. The number of hydrogen-bond donors (Lipinski definition) is 0. The van der Waals surface area contributed by atoms with Gasteiger partial charge in [-0.2, -0.15) is 0 Å². The lowest BCUT2D eigenvalue weighted by Crippen LogP contribution is -1.97. The molecular weight excluding hydrogens is 256 g/mol. The van der Waals surface area contributed by atoms with Gasteiger partial charge in [-0.25, -0.2) is 4.98 Å². The van der Waals surface area contributed by atoms with Gasteiger partial charge in [0.05, 0.1) is 11.2 Å². The van der Waals surface area contributed by atoms with Crippen molar-refractivity contribution < 1.29 is 0 Å². The van der Waals surface area contributed by atoms with Gasteiger partial charge >= 0.3 is 0 Å². The second kappa shape index (κ2) is 4.08. The van der Waals surface area contributed by atoms with Crippen molar-refractivity contribution >= 4 is 27.3 Å². The van der Waals surface area contributed by atoms with E-state index < -0.39 is 0 Å². The normalized spacial score (nSPS) is 11.8. The molecule has 0 fully saturated rings. The Balaban J connectivity index is 2.51. The molecule has 0 N–H and O–H groups in total. The van der Waals surface area contributed by atoms with Crippen LogP contribution in [0.1, 0.15) is 22.5 Å². The van der Waals surface area contributed by atoms with Crippen LogP contribution in [0.2, 0.25) is 0 Å². The van der Waals surface area contributed by atoms with Crippen LogP contribution in [0.15, 0.2) is 36.4 Å². The molecule has 0 bridgehead atoms. The van der Waals surface area contributed by atoms with Crippen molar-refractivity contribution in [3.05, 3.63) is 58.9 Å². The molecule has 2 aromatic heterocycles. The van der Waals surface area contributed by atoms with Crippen molar-refractivity contribution in [1.29, 1.82) is 0 Å². The molecule has 0 atom stereocenters. The number of nitrogens with zero attached hydrogens (tertiary/aromatic N) is 2. The van der Waals surface area contributed by atoms with E-state index in [1.165, 1.54) is 38.5 Å². The summed E-state index contributed by atoms with van der Waals surface area (Å²) in [6.45, 7) is 8.63. The van der Waals surface area contributed by atoms with Crippen molar-refractivity contribution in [2.24, 2.45) is 0 Å². The highest BCUT2D eigenvalue weighted by atomic mass is 15.0. The van der Waals surface area contributed by atoms with Gasteiger partial charge in [0.25, 0.3) is 0 Å². The van der Waals surface area contributed by atoms with Crippen LogP contribution in [0.3, 0.4) is 0 Å². The molecule has 4 aromatic rings. The Hall–Kier alpha value is -2.35. The van der Waals surface area contributed by atoms with Crippen LogP contribution in [0.5, 0.6) is 0 Å². The molecule has 2 nitrogen and oxygen atoms in total. The fraction of sp³-hybridized carbons (Fsp3) is 0.211. The molecule has 0 radical (unpaired) electrons. The number of fused-ring (bicyclic) bond motifs is 6. The third-order valence-corrected chi connectivity index (χ3v) is 4.59. The van der Waals surface area contributed by atoms with E-state index in [1.54, 1.807) is 0 Å². The van der Waals surface area contributed by atoms with Crippen molar-refractivity contribution in [2.75, 3.05) is 0 Å². The summed E-state index contributed by atoms with van der Waals surface area (Å²) in [6, 6.07) is 13.0. The van der Waals surface area contributed by atoms with Gasteiger partial charge in [0, 0.05) is 16.5 Å². The monoisotopic (exact) mass is 274 g/mol. The predicted octanol–water partition coefficient (Wildman–Crippen LogP) is 4.87. The molecule has 0 spiro atoms. The van der Waals surface area contributed by atoms with E-state index in [9.17, 15) is 0 Å². The predicted molar refractivity (Wildman–Crippen MR) is 89.2 cm³/mol. The van der Waals surface area contributed by atoms with Gasteiger partial charge in [0.1, 0.15) is 5.65 Å². The molecule has 21 heavy (non-hydrogen) atoms. The topological polar surface area (TPSA) is 17.3 Å². The van der Waals surface area contributed by atoms with Crippen LogP contribution in [-0.4, -0.2) is 9.38 Å². The number of pyridine rings is 1. The Bertz CT molecular complexity index is 1020. The molecule has 0 saturated carbocycles. The molecule has 0 aliphatic carbocycles. The van der Waals surface area contributed by atoms with Gasteiger partial charge < -0.3 is 0 Å². The van der Waals surface area contributed by atoms with Crippen molar-refractivity contribution in [3.8, 4) is 0 Å². The number of benzene rings is 2. The average Bonchev–Trinajstić information content (AvgIpc) is 2.78. The molecule has 104 valence electrons. The van der Waals surface area contributed by atoms with E-state index in [2.05, 4.69) is 68.5 Å². The van der Waals surface area contributed by atoms with Crippen molar-refractivity contribution in [3.63, 3.8) is 0 Å². The molecule has 0 unspecified atom stereocenters. The number of hydrogen-bond acceptors (Lipinski definition) is 1. The number of aromatic nitrogens is 2. The Morgan fingerprint density at radius 1 is 0.810 bits per heavy atom. The quantitative estimate of drug-likeness (QED) is 0.418.